The molecule has 0 bridgehead atoms. The Morgan fingerprint density at radius 3 is 2.71 bits per heavy atom. The Morgan fingerprint density at radius 2 is 2.05 bits per heavy atom. The van der Waals surface area contributed by atoms with Crippen LogP contribution in [-0.2, 0) is 16.6 Å². The largest absolute Gasteiger partial charge is 0.378 e. The molecular weight excluding hydrogens is 312 g/mol. The Labute approximate surface area is 128 Å². The minimum absolute atomic E-state index is 0.447. The lowest BCUT2D eigenvalue weighted by atomic mass is 10.2. The van der Waals surface area contributed by atoms with Crippen LogP contribution in [0.25, 0.3) is 0 Å². The van der Waals surface area contributed by atoms with Crippen molar-refractivity contribution in [2.24, 2.45) is 0 Å². The summed E-state index contributed by atoms with van der Waals surface area (Å²) in [7, 11) is -3.32. The number of benzene rings is 1. The maximum Gasteiger partial charge on any atom is 0.229 e. The molecule has 2 N–H and O–H groups in total. The van der Waals surface area contributed by atoms with Crippen LogP contribution in [0.3, 0.4) is 0 Å². The van der Waals surface area contributed by atoms with E-state index in [0.717, 1.165) is 11.9 Å². The highest BCUT2D eigenvalue weighted by Gasteiger charge is 2.06. The van der Waals surface area contributed by atoms with E-state index in [2.05, 4.69) is 20.0 Å². The molecule has 0 radical (unpaired) electrons. The molecule has 2 rings (SSSR count). The van der Waals surface area contributed by atoms with Crippen molar-refractivity contribution in [1.82, 2.24) is 9.97 Å². The Hall–Kier alpha value is -1.86. The predicted octanol–water partition coefficient (Wildman–Crippen LogP) is 2.42. The lowest BCUT2D eigenvalue weighted by Crippen LogP contribution is -2.10. The molecule has 1 heterocycles. The molecule has 21 heavy (non-hydrogen) atoms. The molecule has 0 amide bonds. The second kappa shape index (κ2) is 6.28. The average molecular weight is 327 g/mol. The first-order valence-electron chi connectivity index (χ1n) is 6.13. The summed E-state index contributed by atoms with van der Waals surface area (Å²) in [4.78, 5) is 8.30. The van der Waals surface area contributed by atoms with Crippen LogP contribution in [0.15, 0.2) is 30.5 Å². The maximum absolute atomic E-state index is 11.2. The fourth-order valence-corrected chi connectivity index (χ4v) is 2.47. The zero-order chi connectivity index (χ0) is 15.5. The number of aromatic nitrogens is 2. The topological polar surface area (TPSA) is 84.0 Å². The molecule has 0 atom stereocenters. The van der Waals surface area contributed by atoms with Crippen LogP contribution in [0.5, 0.6) is 0 Å². The van der Waals surface area contributed by atoms with Gasteiger partial charge >= 0.3 is 0 Å². The highest BCUT2D eigenvalue weighted by molar-refractivity contribution is 7.92. The number of rotatable bonds is 5. The number of hydrogen-bond donors (Lipinski definition) is 2. The monoisotopic (exact) mass is 326 g/mol. The van der Waals surface area contributed by atoms with Crippen LogP contribution in [0, 0.1) is 6.92 Å². The van der Waals surface area contributed by atoms with Crippen molar-refractivity contribution in [2.75, 3.05) is 16.3 Å². The molecule has 0 spiro atoms. The van der Waals surface area contributed by atoms with Gasteiger partial charge in [-0.3, -0.25) is 4.72 Å². The van der Waals surface area contributed by atoms with E-state index in [1.165, 1.54) is 0 Å². The highest BCUT2D eigenvalue weighted by atomic mass is 35.5. The first-order chi connectivity index (χ1) is 9.83. The van der Waals surface area contributed by atoms with E-state index in [9.17, 15) is 8.42 Å². The zero-order valence-corrected chi connectivity index (χ0v) is 13.2. The first kappa shape index (κ1) is 15.5. The summed E-state index contributed by atoms with van der Waals surface area (Å²) in [5.74, 6) is 0.688. The molecule has 0 saturated heterocycles. The summed E-state index contributed by atoms with van der Waals surface area (Å²) in [5.41, 5.74) is 1.89. The zero-order valence-electron chi connectivity index (χ0n) is 11.6. The van der Waals surface area contributed by atoms with Crippen LogP contribution in [0.1, 0.15) is 11.5 Å². The predicted molar refractivity (Wildman–Crippen MR) is 84.0 cm³/mol. The first-order valence-corrected chi connectivity index (χ1v) is 8.40. The summed E-state index contributed by atoms with van der Waals surface area (Å²) in [6.45, 7) is 2.28. The van der Waals surface area contributed by atoms with Crippen LogP contribution in [-0.4, -0.2) is 24.6 Å². The van der Waals surface area contributed by atoms with E-state index in [4.69, 9.17) is 11.6 Å². The van der Waals surface area contributed by atoms with Crippen LogP contribution in [0.2, 0.25) is 5.02 Å². The van der Waals surface area contributed by atoms with Gasteiger partial charge in [0.05, 0.1) is 34.9 Å². The number of halogens is 1. The van der Waals surface area contributed by atoms with Gasteiger partial charge in [-0.1, -0.05) is 11.6 Å². The van der Waals surface area contributed by atoms with Crippen molar-refractivity contribution in [2.45, 2.75) is 13.5 Å². The van der Waals surface area contributed by atoms with E-state index in [1.807, 2.05) is 6.92 Å². The quantitative estimate of drug-likeness (QED) is 0.881. The Kier molecular flexibility index (Phi) is 4.64. The van der Waals surface area contributed by atoms with Crippen molar-refractivity contribution in [3.63, 3.8) is 0 Å². The Balaban J connectivity index is 2.14. The lowest BCUT2D eigenvalue weighted by molar-refractivity contribution is 0.607. The molecule has 0 unspecified atom stereocenters. The number of hydrogen-bond acceptors (Lipinski definition) is 5. The van der Waals surface area contributed by atoms with Gasteiger partial charge in [-0.2, -0.15) is 0 Å². The second-order valence-corrected chi connectivity index (χ2v) is 6.67. The SMILES string of the molecule is Cc1nccc(CNc2cc(NS(C)(=O)=O)ccc2Cl)n1. The van der Waals surface area contributed by atoms with Gasteiger partial charge in [-0.05, 0) is 31.2 Å². The molecule has 6 nitrogen and oxygen atoms in total. The average Bonchev–Trinajstić information content (AvgIpc) is 2.38. The standard InChI is InChI=1S/C13H15ClN4O2S/c1-9-15-6-5-11(17-9)8-16-13-7-10(3-4-12(13)14)18-21(2,19)20/h3-7,16,18H,8H2,1-2H3. The second-order valence-electron chi connectivity index (χ2n) is 4.52. The molecule has 0 aliphatic carbocycles. The highest BCUT2D eigenvalue weighted by Crippen LogP contribution is 2.26. The minimum atomic E-state index is -3.32. The summed E-state index contributed by atoms with van der Waals surface area (Å²) >= 11 is 6.09. The molecule has 1 aromatic carbocycles. The summed E-state index contributed by atoms with van der Waals surface area (Å²) in [5, 5.41) is 3.63. The van der Waals surface area contributed by atoms with E-state index in [1.54, 1.807) is 30.5 Å². The van der Waals surface area contributed by atoms with Crippen LogP contribution in [0.4, 0.5) is 11.4 Å². The third-order valence-electron chi connectivity index (χ3n) is 2.56. The van der Waals surface area contributed by atoms with Crippen LogP contribution >= 0.6 is 11.6 Å². The number of sulfonamides is 1. The van der Waals surface area contributed by atoms with Gasteiger partial charge in [0.1, 0.15) is 5.82 Å². The molecular formula is C13H15ClN4O2S. The van der Waals surface area contributed by atoms with Gasteiger partial charge in [-0.25, -0.2) is 18.4 Å². The molecule has 0 fully saturated rings. The third kappa shape index (κ3) is 4.87. The van der Waals surface area contributed by atoms with Gasteiger partial charge < -0.3 is 5.32 Å². The summed E-state index contributed by atoms with van der Waals surface area (Å²) in [6.07, 6.45) is 2.78. The molecule has 112 valence electrons. The van der Waals surface area contributed by atoms with Crippen molar-refractivity contribution < 1.29 is 8.42 Å². The molecule has 0 aliphatic rings. The summed E-state index contributed by atoms with van der Waals surface area (Å²) < 4.78 is 24.9. The van der Waals surface area contributed by atoms with Crippen molar-refractivity contribution in [1.29, 1.82) is 0 Å². The van der Waals surface area contributed by atoms with Crippen molar-refractivity contribution in [3.05, 3.63) is 47.0 Å². The number of aryl methyl sites for hydroxylation is 1. The fourth-order valence-electron chi connectivity index (χ4n) is 1.73. The molecule has 0 saturated carbocycles. The Bertz CT molecular complexity index is 750. The molecule has 0 aliphatic heterocycles. The van der Waals surface area contributed by atoms with Gasteiger partial charge in [0, 0.05) is 6.20 Å². The van der Waals surface area contributed by atoms with Crippen LogP contribution < -0.4 is 10.0 Å². The molecule has 8 heteroatoms. The number of nitrogens with zero attached hydrogens (tertiary/aromatic N) is 2. The Morgan fingerprint density at radius 1 is 1.29 bits per heavy atom. The fraction of sp³-hybridized carbons (Fsp3) is 0.231. The lowest BCUT2D eigenvalue weighted by Gasteiger charge is -2.11. The van der Waals surface area contributed by atoms with Gasteiger partial charge in [0.15, 0.2) is 0 Å². The summed E-state index contributed by atoms with van der Waals surface area (Å²) in [6, 6.07) is 6.66. The smallest absolute Gasteiger partial charge is 0.229 e. The third-order valence-corrected chi connectivity index (χ3v) is 3.50. The van der Waals surface area contributed by atoms with Gasteiger partial charge in [0.2, 0.25) is 10.0 Å². The van der Waals surface area contributed by atoms with E-state index in [0.29, 0.717) is 28.8 Å². The van der Waals surface area contributed by atoms with E-state index < -0.39 is 10.0 Å². The number of anilines is 2. The van der Waals surface area contributed by atoms with E-state index in [-0.39, 0.29) is 0 Å². The van der Waals surface area contributed by atoms with Gasteiger partial charge in [-0.15, -0.1) is 0 Å². The molecule has 2 aromatic rings. The maximum atomic E-state index is 11.2. The minimum Gasteiger partial charge on any atom is -0.378 e. The van der Waals surface area contributed by atoms with E-state index >= 15 is 0 Å². The van der Waals surface area contributed by atoms with Crippen molar-refractivity contribution in [3.8, 4) is 0 Å². The van der Waals surface area contributed by atoms with Gasteiger partial charge in [0.25, 0.3) is 0 Å². The molecule has 1 aromatic heterocycles. The van der Waals surface area contributed by atoms with Crippen molar-refractivity contribution >= 4 is 33.0 Å². The normalized spacial score (nSPS) is 11.2. The number of nitrogens with one attached hydrogen (secondary N) is 2.